The third kappa shape index (κ3) is 3.57. The van der Waals surface area contributed by atoms with Crippen LogP contribution in [0.25, 0.3) is 11.1 Å². The second-order valence-electron chi connectivity index (χ2n) is 5.61. The van der Waals surface area contributed by atoms with Gasteiger partial charge >= 0.3 is 0 Å². The summed E-state index contributed by atoms with van der Waals surface area (Å²) < 4.78 is 5.65. The molecule has 0 aliphatic heterocycles. The molecular formula is C18H17ClN2O2S. The number of thioether (sulfide) groups is 1. The van der Waals surface area contributed by atoms with Crippen molar-refractivity contribution in [3.05, 3.63) is 52.5 Å². The van der Waals surface area contributed by atoms with Gasteiger partial charge in [-0.3, -0.25) is 4.79 Å². The average molecular weight is 361 g/mol. The molecule has 1 unspecified atom stereocenters. The van der Waals surface area contributed by atoms with E-state index in [4.69, 9.17) is 16.0 Å². The zero-order chi connectivity index (χ0) is 17.3. The molecule has 1 atom stereocenters. The number of fused-ring (bicyclic) bond motifs is 1. The van der Waals surface area contributed by atoms with Crippen molar-refractivity contribution >= 4 is 46.1 Å². The summed E-state index contributed by atoms with van der Waals surface area (Å²) in [5.74, 6) is -0.0855. The van der Waals surface area contributed by atoms with Gasteiger partial charge in [0.25, 0.3) is 5.22 Å². The Bertz CT molecular complexity index is 887. The molecule has 0 saturated carbocycles. The number of hydrogen-bond acceptors (Lipinski definition) is 4. The van der Waals surface area contributed by atoms with E-state index in [-0.39, 0.29) is 11.2 Å². The Kier molecular flexibility index (Phi) is 4.83. The van der Waals surface area contributed by atoms with Gasteiger partial charge < -0.3 is 9.73 Å². The molecule has 6 heteroatoms. The van der Waals surface area contributed by atoms with Gasteiger partial charge in [-0.15, -0.1) is 0 Å². The number of nitrogens with one attached hydrogen (secondary N) is 1. The number of carbonyl (C=O) groups excluding carboxylic acids is 1. The predicted molar refractivity (Wildman–Crippen MR) is 98.9 cm³/mol. The summed E-state index contributed by atoms with van der Waals surface area (Å²) in [6, 6.07) is 11.2. The monoisotopic (exact) mass is 360 g/mol. The normalized spacial score (nSPS) is 12.3. The van der Waals surface area contributed by atoms with Crippen LogP contribution in [-0.2, 0) is 4.79 Å². The Labute approximate surface area is 149 Å². The second kappa shape index (κ2) is 6.87. The fourth-order valence-electron chi connectivity index (χ4n) is 2.37. The molecule has 0 bridgehead atoms. The van der Waals surface area contributed by atoms with Crippen LogP contribution in [0.15, 0.2) is 46.0 Å². The Morgan fingerprint density at radius 3 is 2.67 bits per heavy atom. The number of rotatable bonds is 4. The van der Waals surface area contributed by atoms with Gasteiger partial charge in [0.05, 0.1) is 5.25 Å². The number of halogens is 1. The molecule has 2 aromatic carbocycles. The van der Waals surface area contributed by atoms with Crippen molar-refractivity contribution in [3.8, 4) is 0 Å². The Morgan fingerprint density at radius 2 is 1.96 bits per heavy atom. The highest BCUT2D eigenvalue weighted by molar-refractivity contribution is 8.00. The van der Waals surface area contributed by atoms with Gasteiger partial charge in [-0.25, -0.2) is 4.98 Å². The first-order chi connectivity index (χ1) is 11.4. The lowest BCUT2D eigenvalue weighted by Gasteiger charge is -2.14. The maximum absolute atomic E-state index is 12.5. The van der Waals surface area contributed by atoms with Crippen molar-refractivity contribution in [1.82, 2.24) is 4.98 Å². The number of nitrogens with zero attached hydrogens (tertiary/aromatic N) is 1. The quantitative estimate of drug-likeness (QED) is 0.648. The van der Waals surface area contributed by atoms with Crippen LogP contribution >= 0.6 is 23.4 Å². The van der Waals surface area contributed by atoms with E-state index >= 15 is 0 Å². The predicted octanol–water partition coefficient (Wildman–Crippen LogP) is 5.22. The molecule has 3 aromatic rings. The number of aryl methyl sites for hydroxylation is 2. The summed E-state index contributed by atoms with van der Waals surface area (Å²) in [6.45, 7) is 5.78. The molecule has 4 nitrogen and oxygen atoms in total. The lowest BCUT2D eigenvalue weighted by Crippen LogP contribution is -2.23. The first kappa shape index (κ1) is 16.9. The molecule has 1 amide bonds. The molecule has 0 aliphatic rings. The van der Waals surface area contributed by atoms with E-state index < -0.39 is 0 Å². The van der Waals surface area contributed by atoms with Crippen molar-refractivity contribution in [3.63, 3.8) is 0 Å². The standard InChI is InChI=1S/C18H17ClN2O2S/c1-10-5-4-6-11(2)16(10)21-17(22)12(3)24-18-20-14-9-13(19)7-8-15(14)23-18/h4-9,12H,1-3H3,(H,21,22). The Hall–Kier alpha value is -1.98. The maximum Gasteiger partial charge on any atom is 0.257 e. The summed E-state index contributed by atoms with van der Waals surface area (Å²) in [5.41, 5.74) is 4.28. The van der Waals surface area contributed by atoms with Crippen molar-refractivity contribution < 1.29 is 9.21 Å². The summed E-state index contributed by atoms with van der Waals surface area (Å²) in [5, 5.41) is 3.71. The largest absolute Gasteiger partial charge is 0.431 e. The molecular weight excluding hydrogens is 344 g/mol. The van der Waals surface area contributed by atoms with Gasteiger partial charge in [0.1, 0.15) is 5.52 Å². The number of para-hydroxylation sites is 1. The molecule has 24 heavy (non-hydrogen) atoms. The average Bonchev–Trinajstić information content (AvgIpc) is 2.92. The molecule has 0 spiro atoms. The zero-order valence-corrected chi connectivity index (χ0v) is 15.2. The van der Waals surface area contributed by atoms with E-state index in [2.05, 4.69) is 10.3 Å². The van der Waals surface area contributed by atoms with Gasteiger partial charge in [0, 0.05) is 10.7 Å². The van der Waals surface area contributed by atoms with E-state index in [1.54, 1.807) is 18.2 Å². The highest BCUT2D eigenvalue weighted by Crippen LogP contribution is 2.29. The first-order valence-electron chi connectivity index (χ1n) is 7.54. The number of benzene rings is 2. The molecule has 124 valence electrons. The van der Waals surface area contributed by atoms with E-state index in [1.807, 2.05) is 39.0 Å². The summed E-state index contributed by atoms with van der Waals surface area (Å²) in [6.07, 6.45) is 0. The van der Waals surface area contributed by atoms with Crippen molar-refractivity contribution in [2.45, 2.75) is 31.2 Å². The molecule has 3 rings (SSSR count). The highest BCUT2D eigenvalue weighted by atomic mass is 35.5. The fraction of sp³-hybridized carbons (Fsp3) is 0.222. The number of aromatic nitrogens is 1. The third-order valence-electron chi connectivity index (χ3n) is 3.71. The molecule has 1 heterocycles. The molecule has 0 fully saturated rings. The number of amides is 1. The number of oxazole rings is 1. The van der Waals surface area contributed by atoms with Crippen molar-refractivity contribution in [2.24, 2.45) is 0 Å². The number of carbonyl (C=O) groups is 1. The van der Waals surface area contributed by atoms with Gasteiger partial charge in [0.2, 0.25) is 5.91 Å². The lowest BCUT2D eigenvalue weighted by atomic mass is 10.1. The molecule has 0 saturated heterocycles. The minimum Gasteiger partial charge on any atom is -0.431 e. The van der Waals surface area contributed by atoms with Crippen LogP contribution in [0, 0.1) is 13.8 Å². The van der Waals surface area contributed by atoms with E-state index in [0.717, 1.165) is 16.8 Å². The third-order valence-corrected chi connectivity index (χ3v) is 4.89. The summed E-state index contributed by atoms with van der Waals surface area (Å²) in [4.78, 5) is 16.8. The van der Waals surface area contributed by atoms with Gasteiger partial charge in [0.15, 0.2) is 5.58 Å². The molecule has 0 radical (unpaired) electrons. The van der Waals surface area contributed by atoms with E-state index in [0.29, 0.717) is 21.3 Å². The van der Waals surface area contributed by atoms with Crippen LogP contribution in [0.1, 0.15) is 18.1 Å². The minimum atomic E-state index is -0.340. The zero-order valence-electron chi connectivity index (χ0n) is 13.6. The van der Waals surface area contributed by atoms with Crippen LogP contribution in [-0.4, -0.2) is 16.1 Å². The molecule has 0 aliphatic carbocycles. The summed E-state index contributed by atoms with van der Waals surface area (Å²) in [7, 11) is 0. The van der Waals surface area contributed by atoms with Gasteiger partial charge in [-0.2, -0.15) is 0 Å². The van der Waals surface area contributed by atoms with E-state index in [9.17, 15) is 4.79 Å². The molecule has 1 N–H and O–H groups in total. The summed E-state index contributed by atoms with van der Waals surface area (Å²) >= 11 is 7.23. The Morgan fingerprint density at radius 1 is 1.25 bits per heavy atom. The van der Waals surface area contributed by atoms with Crippen LogP contribution in [0.2, 0.25) is 5.02 Å². The smallest absolute Gasteiger partial charge is 0.257 e. The van der Waals surface area contributed by atoms with Crippen LogP contribution in [0.5, 0.6) is 0 Å². The van der Waals surface area contributed by atoms with Crippen LogP contribution in [0.3, 0.4) is 0 Å². The molecule has 1 aromatic heterocycles. The Balaban J connectivity index is 1.73. The van der Waals surface area contributed by atoms with E-state index in [1.165, 1.54) is 11.8 Å². The topological polar surface area (TPSA) is 55.1 Å². The second-order valence-corrected chi connectivity index (χ2v) is 7.34. The lowest BCUT2D eigenvalue weighted by molar-refractivity contribution is -0.115. The fourth-order valence-corrected chi connectivity index (χ4v) is 3.29. The highest BCUT2D eigenvalue weighted by Gasteiger charge is 2.19. The number of hydrogen-bond donors (Lipinski definition) is 1. The maximum atomic E-state index is 12.5. The first-order valence-corrected chi connectivity index (χ1v) is 8.79. The van der Waals surface area contributed by atoms with Crippen molar-refractivity contribution in [2.75, 3.05) is 5.32 Å². The number of anilines is 1. The van der Waals surface area contributed by atoms with Gasteiger partial charge in [-0.1, -0.05) is 41.6 Å². The SMILES string of the molecule is Cc1cccc(C)c1NC(=O)C(C)Sc1nc2cc(Cl)ccc2o1. The van der Waals surface area contributed by atoms with Crippen LogP contribution < -0.4 is 5.32 Å². The van der Waals surface area contributed by atoms with Crippen molar-refractivity contribution in [1.29, 1.82) is 0 Å². The van der Waals surface area contributed by atoms with Crippen LogP contribution in [0.4, 0.5) is 5.69 Å². The minimum absolute atomic E-state index is 0.0855. The van der Waals surface area contributed by atoms with Gasteiger partial charge in [-0.05, 0) is 50.1 Å².